The van der Waals surface area contributed by atoms with Crippen LogP contribution in [-0.4, -0.2) is 22.1 Å². The quantitative estimate of drug-likeness (QED) is 0.840. The third kappa shape index (κ3) is 3.55. The van der Waals surface area contributed by atoms with Crippen LogP contribution in [-0.2, 0) is 13.0 Å². The average molecular weight is 280 g/mol. The van der Waals surface area contributed by atoms with Gasteiger partial charge in [0.15, 0.2) is 5.82 Å². The Bertz CT molecular complexity index is 524. The van der Waals surface area contributed by atoms with Crippen molar-refractivity contribution in [1.82, 2.24) is 15.0 Å². The Morgan fingerprint density at radius 2 is 2.00 bits per heavy atom. The van der Waals surface area contributed by atoms with Crippen molar-refractivity contribution >= 4 is 11.6 Å². The standard InChI is InChI=1S/C14H18ClN3O/c1-4-13-16-14(19-17-13)10(2)18(3)9-11-5-7-12(15)8-6-11/h5-8,10H,4,9H2,1-3H3/t10-/m0/s1. The maximum Gasteiger partial charge on any atom is 0.243 e. The normalized spacial score (nSPS) is 12.9. The number of halogens is 1. The molecule has 2 aromatic rings. The van der Waals surface area contributed by atoms with Gasteiger partial charge in [0.05, 0.1) is 6.04 Å². The molecule has 102 valence electrons. The summed E-state index contributed by atoms with van der Waals surface area (Å²) in [5, 5.41) is 4.68. The van der Waals surface area contributed by atoms with Gasteiger partial charge in [-0.3, -0.25) is 4.90 Å². The fourth-order valence-electron chi connectivity index (χ4n) is 1.78. The molecule has 4 nitrogen and oxygen atoms in total. The highest BCUT2D eigenvalue weighted by atomic mass is 35.5. The molecule has 0 aliphatic heterocycles. The fraction of sp³-hybridized carbons (Fsp3) is 0.429. The van der Waals surface area contributed by atoms with E-state index in [9.17, 15) is 0 Å². The summed E-state index contributed by atoms with van der Waals surface area (Å²) in [6.45, 7) is 4.88. The second kappa shape index (κ2) is 6.17. The Hall–Kier alpha value is -1.39. The molecule has 1 atom stereocenters. The van der Waals surface area contributed by atoms with Gasteiger partial charge in [-0.1, -0.05) is 35.8 Å². The summed E-state index contributed by atoms with van der Waals surface area (Å²) in [5.74, 6) is 1.41. The molecule has 1 aromatic heterocycles. The Labute approximate surface area is 118 Å². The minimum atomic E-state index is 0.0866. The van der Waals surface area contributed by atoms with Gasteiger partial charge in [-0.15, -0.1) is 0 Å². The molecule has 0 N–H and O–H groups in total. The first-order chi connectivity index (χ1) is 9.10. The smallest absolute Gasteiger partial charge is 0.243 e. The van der Waals surface area contributed by atoms with Crippen LogP contribution in [0.5, 0.6) is 0 Å². The molecule has 0 amide bonds. The van der Waals surface area contributed by atoms with Crippen molar-refractivity contribution in [3.8, 4) is 0 Å². The van der Waals surface area contributed by atoms with Gasteiger partial charge >= 0.3 is 0 Å². The van der Waals surface area contributed by atoms with Gasteiger partial charge in [0.2, 0.25) is 5.89 Å². The largest absolute Gasteiger partial charge is 0.338 e. The lowest BCUT2D eigenvalue weighted by Gasteiger charge is -2.21. The summed E-state index contributed by atoms with van der Waals surface area (Å²) in [7, 11) is 2.04. The van der Waals surface area contributed by atoms with E-state index in [0.29, 0.717) is 5.89 Å². The van der Waals surface area contributed by atoms with Crippen LogP contribution in [0.15, 0.2) is 28.8 Å². The molecule has 19 heavy (non-hydrogen) atoms. The third-order valence-corrected chi connectivity index (χ3v) is 3.42. The zero-order valence-electron chi connectivity index (χ0n) is 11.4. The van der Waals surface area contributed by atoms with E-state index in [2.05, 4.69) is 22.0 Å². The van der Waals surface area contributed by atoms with E-state index in [0.717, 1.165) is 23.8 Å². The Morgan fingerprint density at radius 3 is 2.58 bits per heavy atom. The highest BCUT2D eigenvalue weighted by Crippen LogP contribution is 2.20. The predicted octanol–water partition coefficient (Wildman–Crippen LogP) is 3.48. The molecule has 5 heteroatoms. The van der Waals surface area contributed by atoms with Crippen molar-refractivity contribution in [1.29, 1.82) is 0 Å². The van der Waals surface area contributed by atoms with Crippen LogP contribution in [0.3, 0.4) is 0 Å². The maximum atomic E-state index is 5.88. The van der Waals surface area contributed by atoms with Crippen LogP contribution in [0.1, 0.15) is 37.2 Å². The number of nitrogens with zero attached hydrogens (tertiary/aromatic N) is 3. The maximum absolute atomic E-state index is 5.88. The van der Waals surface area contributed by atoms with Gasteiger partial charge in [-0.2, -0.15) is 4.98 Å². The molecule has 0 unspecified atom stereocenters. The van der Waals surface area contributed by atoms with Gasteiger partial charge < -0.3 is 4.52 Å². The number of benzene rings is 1. The molecule has 0 radical (unpaired) electrons. The number of rotatable bonds is 5. The van der Waals surface area contributed by atoms with Crippen molar-refractivity contribution in [3.05, 3.63) is 46.6 Å². The van der Waals surface area contributed by atoms with E-state index in [4.69, 9.17) is 16.1 Å². The number of aromatic nitrogens is 2. The Kier molecular flexibility index (Phi) is 4.56. The minimum absolute atomic E-state index is 0.0866. The van der Waals surface area contributed by atoms with E-state index in [1.165, 1.54) is 5.56 Å². The van der Waals surface area contributed by atoms with Gasteiger partial charge in [-0.25, -0.2) is 0 Å². The molecule has 0 saturated carbocycles. The van der Waals surface area contributed by atoms with E-state index in [1.54, 1.807) is 0 Å². The summed E-state index contributed by atoms with van der Waals surface area (Å²) in [4.78, 5) is 6.53. The zero-order chi connectivity index (χ0) is 13.8. The summed E-state index contributed by atoms with van der Waals surface area (Å²) in [6.07, 6.45) is 0.789. The average Bonchev–Trinajstić information content (AvgIpc) is 2.89. The van der Waals surface area contributed by atoms with Gasteiger partial charge in [-0.05, 0) is 31.7 Å². The number of aryl methyl sites for hydroxylation is 1. The van der Waals surface area contributed by atoms with Crippen molar-refractivity contribution in [2.45, 2.75) is 32.9 Å². The highest BCUT2D eigenvalue weighted by Gasteiger charge is 2.18. The second-order valence-electron chi connectivity index (χ2n) is 4.62. The van der Waals surface area contributed by atoms with E-state index >= 15 is 0 Å². The number of hydrogen-bond donors (Lipinski definition) is 0. The lowest BCUT2D eigenvalue weighted by atomic mass is 10.2. The van der Waals surface area contributed by atoms with Crippen LogP contribution < -0.4 is 0 Å². The van der Waals surface area contributed by atoms with Crippen LogP contribution in [0.2, 0.25) is 5.02 Å². The Morgan fingerprint density at radius 1 is 1.32 bits per heavy atom. The first-order valence-corrected chi connectivity index (χ1v) is 6.75. The number of hydrogen-bond acceptors (Lipinski definition) is 4. The highest BCUT2D eigenvalue weighted by molar-refractivity contribution is 6.30. The topological polar surface area (TPSA) is 42.2 Å². The van der Waals surface area contributed by atoms with Crippen LogP contribution >= 0.6 is 11.6 Å². The first-order valence-electron chi connectivity index (χ1n) is 6.37. The minimum Gasteiger partial charge on any atom is -0.338 e. The van der Waals surface area contributed by atoms with Crippen LogP contribution in [0.4, 0.5) is 0 Å². The summed E-state index contributed by atoms with van der Waals surface area (Å²) in [5.41, 5.74) is 1.20. The summed E-state index contributed by atoms with van der Waals surface area (Å²) in [6, 6.07) is 7.94. The molecule has 0 saturated heterocycles. The molecule has 0 spiro atoms. The molecule has 1 aromatic carbocycles. The lowest BCUT2D eigenvalue weighted by Crippen LogP contribution is -2.22. The van der Waals surface area contributed by atoms with Crippen molar-refractivity contribution in [3.63, 3.8) is 0 Å². The van der Waals surface area contributed by atoms with Crippen molar-refractivity contribution in [2.75, 3.05) is 7.05 Å². The predicted molar refractivity (Wildman–Crippen MR) is 75.0 cm³/mol. The molecule has 0 aliphatic rings. The van der Waals surface area contributed by atoms with Gasteiger partial charge in [0.25, 0.3) is 0 Å². The summed E-state index contributed by atoms with van der Waals surface area (Å²) < 4.78 is 5.27. The fourth-order valence-corrected chi connectivity index (χ4v) is 1.91. The van der Waals surface area contributed by atoms with Gasteiger partial charge in [0.1, 0.15) is 0 Å². The molecule has 0 fully saturated rings. The molecular formula is C14H18ClN3O. The molecule has 0 aliphatic carbocycles. The third-order valence-electron chi connectivity index (χ3n) is 3.16. The zero-order valence-corrected chi connectivity index (χ0v) is 12.2. The first kappa shape index (κ1) is 14.0. The summed E-state index contributed by atoms with van der Waals surface area (Å²) >= 11 is 5.88. The molecular weight excluding hydrogens is 262 g/mol. The van der Waals surface area contributed by atoms with E-state index in [1.807, 2.05) is 38.2 Å². The second-order valence-corrected chi connectivity index (χ2v) is 5.06. The van der Waals surface area contributed by atoms with E-state index in [-0.39, 0.29) is 6.04 Å². The van der Waals surface area contributed by atoms with Crippen LogP contribution in [0.25, 0.3) is 0 Å². The van der Waals surface area contributed by atoms with Crippen LogP contribution in [0, 0.1) is 0 Å². The molecule has 0 bridgehead atoms. The monoisotopic (exact) mass is 279 g/mol. The van der Waals surface area contributed by atoms with Gasteiger partial charge in [0, 0.05) is 18.0 Å². The van der Waals surface area contributed by atoms with E-state index < -0.39 is 0 Å². The van der Waals surface area contributed by atoms with Crippen molar-refractivity contribution in [2.24, 2.45) is 0 Å². The molecule has 2 rings (SSSR count). The SMILES string of the molecule is CCc1noc([C@H](C)N(C)Cc2ccc(Cl)cc2)n1. The van der Waals surface area contributed by atoms with Crippen molar-refractivity contribution < 1.29 is 4.52 Å². The lowest BCUT2D eigenvalue weighted by molar-refractivity contribution is 0.202. The Balaban J connectivity index is 2.02. The molecule has 1 heterocycles.